The Balaban J connectivity index is 1.93. The summed E-state index contributed by atoms with van der Waals surface area (Å²) >= 11 is 0. The van der Waals surface area contributed by atoms with E-state index in [9.17, 15) is 0 Å². The van der Waals surface area contributed by atoms with Gasteiger partial charge in [-0.05, 0) is 44.7 Å². The second-order valence-corrected chi connectivity index (χ2v) is 5.12. The van der Waals surface area contributed by atoms with Gasteiger partial charge in [0.05, 0.1) is 0 Å². The highest BCUT2D eigenvalue weighted by Gasteiger charge is 2.23. The number of aliphatic hydroxyl groups is 1. The third kappa shape index (κ3) is 3.55. The lowest BCUT2D eigenvalue weighted by molar-refractivity contribution is 0.210. The molecular weight excluding hydrogens is 210 g/mol. The number of hydrogen-bond donors (Lipinski definition) is 1. The van der Waals surface area contributed by atoms with Gasteiger partial charge in [0.25, 0.3) is 0 Å². The number of rotatable bonds is 5. The molecule has 0 saturated carbocycles. The molecule has 0 radical (unpaired) electrons. The molecule has 94 valence electrons. The van der Waals surface area contributed by atoms with Crippen molar-refractivity contribution < 1.29 is 5.11 Å². The molecule has 0 spiro atoms. The van der Waals surface area contributed by atoms with E-state index in [0.717, 1.165) is 19.4 Å². The lowest BCUT2D eigenvalue weighted by atomic mass is 10.1. The van der Waals surface area contributed by atoms with E-state index < -0.39 is 0 Å². The molecule has 1 unspecified atom stereocenters. The quantitative estimate of drug-likeness (QED) is 0.845. The Bertz CT molecular complexity index is 351. The molecule has 1 heterocycles. The molecule has 1 saturated heterocycles. The lowest BCUT2D eigenvalue weighted by Gasteiger charge is -2.24. The summed E-state index contributed by atoms with van der Waals surface area (Å²) in [7, 11) is 0. The van der Waals surface area contributed by atoms with Gasteiger partial charge in [-0.2, -0.15) is 0 Å². The van der Waals surface area contributed by atoms with Crippen LogP contribution in [0.4, 0.5) is 0 Å². The first kappa shape index (κ1) is 12.6. The fourth-order valence-corrected chi connectivity index (χ4v) is 2.80. The molecule has 1 atom stereocenters. The van der Waals surface area contributed by atoms with Gasteiger partial charge in [0, 0.05) is 19.2 Å². The molecular formula is C15H23NO. The molecule has 1 aromatic carbocycles. The summed E-state index contributed by atoms with van der Waals surface area (Å²) in [5.41, 5.74) is 2.76. The molecule has 2 nitrogen and oxygen atoms in total. The van der Waals surface area contributed by atoms with Crippen LogP contribution < -0.4 is 0 Å². The molecule has 1 aliphatic heterocycles. The molecule has 2 rings (SSSR count). The second kappa shape index (κ2) is 6.18. The minimum Gasteiger partial charge on any atom is -0.396 e. The third-order valence-electron chi connectivity index (χ3n) is 3.66. The van der Waals surface area contributed by atoms with Crippen LogP contribution in [0, 0.1) is 6.92 Å². The SMILES string of the molecule is Cc1cccc(CN2CCCC2CCCO)c1. The van der Waals surface area contributed by atoms with Crippen molar-refractivity contribution >= 4 is 0 Å². The summed E-state index contributed by atoms with van der Waals surface area (Å²) in [6, 6.07) is 9.47. The molecule has 1 N–H and O–H groups in total. The maximum Gasteiger partial charge on any atom is 0.0431 e. The van der Waals surface area contributed by atoms with E-state index in [2.05, 4.69) is 36.1 Å². The zero-order chi connectivity index (χ0) is 12.1. The largest absolute Gasteiger partial charge is 0.396 e. The zero-order valence-electron chi connectivity index (χ0n) is 10.7. The fourth-order valence-electron chi connectivity index (χ4n) is 2.80. The molecule has 1 fully saturated rings. The molecule has 2 heteroatoms. The van der Waals surface area contributed by atoms with E-state index in [1.165, 1.54) is 30.5 Å². The van der Waals surface area contributed by atoms with E-state index in [1.54, 1.807) is 0 Å². The van der Waals surface area contributed by atoms with Crippen LogP contribution in [0.5, 0.6) is 0 Å². The number of benzene rings is 1. The van der Waals surface area contributed by atoms with Crippen LogP contribution in [0.3, 0.4) is 0 Å². The van der Waals surface area contributed by atoms with Crippen molar-refractivity contribution in [1.29, 1.82) is 0 Å². The number of aliphatic hydroxyl groups excluding tert-OH is 1. The Labute approximate surface area is 104 Å². The molecule has 1 aliphatic rings. The van der Waals surface area contributed by atoms with Crippen LogP contribution in [-0.4, -0.2) is 29.2 Å². The van der Waals surface area contributed by atoms with Crippen molar-refractivity contribution in [2.45, 2.75) is 45.2 Å². The number of aryl methyl sites for hydroxylation is 1. The van der Waals surface area contributed by atoms with Crippen molar-refractivity contribution in [2.24, 2.45) is 0 Å². The van der Waals surface area contributed by atoms with Gasteiger partial charge in [0.15, 0.2) is 0 Å². The zero-order valence-corrected chi connectivity index (χ0v) is 10.7. The van der Waals surface area contributed by atoms with Gasteiger partial charge < -0.3 is 5.11 Å². The number of hydrogen-bond acceptors (Lipinski definition) is 2. The van der Waals surface area contributed by atoms with Gasteiger partial charge >= 0.3 is 0 Å². The normalized spacial score (nSPS) is 20.9. The summed E-state index contributed by atoms with van der Waals surface area (Å²) in [4.78, 5) is 2.57. The molecule has 17 heavy (non-hydrogen) atoms. The Morgan fingerprint density at radius 1 is 1.41 bits per heavy atom. The number of likely N-dealkylation sites (tertiary alicyclic amines) is 1. The van der Waals surface area contributed by atoms with Crippen molar-refractivity contribution in [3.8, 4) is 0 Å². The van der Waals surface area contributed by atoms with E-state index >= 15 is 0 Å². The van der Waals surface area contributed by atoms with Crippen molar-refractivity contribution in [3.05, 3.63) is 35.4 Å². The fraction of sp³-hybridized carbons (Fsp3) is 0.600. The van der Waals surface area contributed by atoms with Gasteiger partial charge in [0.1, 0.15) is 0 Å². The minimum absolute atomic E-state index is 0.328. The predicted octanol–water partition coefficient (Wildman–Crippen LogP) is 2.73. The number of nitrogens with zero attached hydrogens (tertiary/aromatic N) is 1. The van der Waals surface area contributed by atoms with Crippen LogP contribution >= 0.6 is 0 Å². The van der Waals surface area contributed by atoms with Crippen LogP contribution in [-0.2, 0) is 6.54 Å². The van der Waals surface area contributed by atoms with Gasteiger partial charge in [-0.3, -0.25) is 4.90 Å². The summed E-state index contributed by atoms with van der Waals surface area (Å²) in [5, 5.41) is 8.92. The summed E-state index contributed by atoms with van der Waals surface area (Å²) in [5.74, 6) is 0. The first-order valence-electron chi connectivity index (χ1n) is 6.70. The van der Waals surface area contributed by atoms with Crippen LogP contribution in [0.25, 0.3) is 0 Å². The standard InChI is InChI=1S/C15H23NO/c1-13-5-2-6-14(11-13)12-16-9-3-7-15(16)8-4-10-17/h2,5-6,11,15,17H,3-4,7-10,12H2,1H3. The second-order valence-electron chi connectivity index (χ2n) is 5.12. The summed E-state index contributed by atoms with van der Waals surface area (Å²) in [6.45, 7) is 4.76. The van der Waals surface area contributed by atoms with E-state index in [4.69, 9.17) is 5.11 Å². The highest BCUT2D eigenvalue weighted by atomic mass is 16.2. The van der Waals surface area contributed by atoms with Crippen molar-refractivity contribution in [1.82, 2.24) is 4.90 Å². The van der Waals surface area contributed by atoms with Gasteiger partial charge in [-0.15, -0.1) is 0 Å². The van der Waals surface area contributed by atoms with Crippen LogP contribution in [0.2, 0.25) is 0 Å². The molecule has 0 bridgehead atoms. The highest BCUT2D eigenvalue weighted by molar-refractivity contribution is 5.22. The van der Waals surface area contributed by atoms with E-state index in [-0.39, 0.29) is 0 Å². The van der Waals surface area contributed by atoms with Crippen LogP contribution in [0.15, 0.2) is 24.3 Å². The maximum atomic E-state index is 8.92. The lowest BCUT2D eigenvalue weighted by Crippen LogP contribution is -2.29. The first-order chi connectivity index (χ1) is 8.29. The smallest absolute Gasteiger partial charge is 0.0431 e. The first-order valence-corrected chi connectivity index (χ1v) is 6.70. The van der Waals surface area contributed by atoms with Crippen molar-refractivity contribution in [2.75, 3.05) is 13.2 Å². The van der Waals surface area contributed by atoms with E-state index in [0.29, 0.717) is 12.6 Å². The Kier molecular flexibility index (Phi) is 4.57. The average molecular weight is 233 g/mol. The van der Waals surface area contributed by atoms with Gasteiger partial charge in [-0.1, -0.05) is 29.8 Å². The average Bonchev–Trinajstić information content (AvgIpc) is 2.74. The monoisotopic (exact) mass is 233 g/mol. The van der Waals surface area contributed by atoms with Gasteiger partial charge in [-0.25, -0.2) is 0 Å². The Morgan fingerprint density at radius 2 is 2.29 bits per heavy atom. The summed E-state index contributed by atoms with van der Waals surface area (Å²) in [6.07, 6.45) is 4.69. The summed E-state index contributed by atoms with van der Waals surface area (Å²) < 4.78 is 0. The van der Waals surface area contributed by atoms with Crippen molar-refractivity contribution in [3.63, 3.8) is 0 Å². The van der Waals surface area contributed by atoms with Gasteiger partial charge in [0.2, 0.25) is 0 Å². The molecule has 0 amide bonds. The minimum atomic E-state index is 0.328. The third-order valence-corrected chi connectivity index (χ3v) is 3.66. The van der Waals surface area contributed by atoms with Crippen LogP contribution in [0.1, 0.15) is 36.8 Å². The molecule has 0 aliphatic carbocycles. The predicted molar refractivity (Wildman–Crippen MR) is 70.9 cm³/mol. The van der Waals surface area contributed by atoms with E-state index in [1.807, 2.05) is 0 Å². The highest BCUT2D eigenvalue weighted by Crippen LogP contribution is 2.23. The molecule has 1 aromatic rings. The topological polar surface area (TPSA) is 23.5 Å². The Morgan fingerprint density at radius 3 is 3.06 bits per heavy atom. The molecule has 0 aromatic heterocycles. The maximum absolute atomic E-state index is 8.92. The Hall–Kier alpha value is -0.860.